The van der Waals surface area contributed by atoms with Crippen LogP contribution >= 0.6 is 0 Å². The minimum Gasteiger partial charge on any atom is -0.494 e. The van der Waals surface area contributed by atoms with Gasteiger partial charge in [0.05, 0.1) is 13.2 Å². The molecule has 5 nitrogen and oxygen atoms in total. The Morgan fingerprint density at radius 3 is 2.50 bits per heavy atom. The maximum Gasteiger partial charge on any atom is 0.325 e. The van der Waals surface area contributed by atoms with Crippen LogP contribution in [0.25, 0.3) is 0 Å². The predicted octanol–water partition coefficient (Wildman–Crippen LogP) is 2.84. The number of urea groups is 1. The fraction of sp³-hybridized carbons (Fsp3) is 0.529. The summed E-state index contributed by atoms with van der Waals surface area (Å²) in [5, 5.41) is 2.90. The van der Waals surface area contributed by atoms with E-state index in [2.05, 4.69) is 12.2 Å². The number of benzene rings is 1. The number of nitrogens with one attached hydrogen (secondary N) is 1. The fourth-order valence-electron chi connectivity index (χ4n) is 3.23. The maximum absolute atomic E-state index is 12.6. The lowest BCUT2D eigenvalue weighted by Crippen LogP contribution is -2.44. The van der Waals surface area contributed by atoms with E-state index < -0.39 is 5.54 Å². The summed E-state index contributed by atoms with van der Waals surface area (Å²) >= 11 is 0. The molecule has 22 heavy (non-hydrogen) atoms. The molecule has 1 aliphatic carbocycles. The number of rotatable bonds is 5. The van der Waals surface area contributed by atoms with Gasteiger partial charge < -0.3 is 10.1 Å². The van der Waals surface area contributed by atoms with Crippen molar-refractivity contribution in [2.45, 2.75) is 51.1 Å². The molecule has 118 valence electrons. The minimum absolute atomic E-state index is 0.0682. The van der Waals surface area contributed by atoms with Crippen LogP contribution in [0.4, 0.5) is 4.79 Å². The van der Waals surface area contributed by atoms with Crippen molar-refractivity contribution in [2.24, 2.45) is 0 Å². The minimum atomic E-state index is -0.624. The molecule has 1 spiro atoms. The Balaban J connectivity index is 1.67. The summed E-state index contributed by atoms with van der Waals surface area (Å²) in [4.78, 5) is 26.0. The molecule has 1 N–H and O–H groups in total. The van der Waals surface area contributed by atoms with E-state index in [4.69, 9.17) is 4.74 Å². The zero-order valence-corrected chi connectivity index (χ0v) is 12.9. The smallest absolute Gasteiger partial charge is 0.325 e. The van der Waals surface area contributed by atoms with Crippen LogP contribution in [0, 0.1) is 0 Å². The Morgan fingerprint density at radius 2 is 1.86 bits per heavy atom. The molecule has 1 heterocycles. The second-order valence-electron chi connectivity index (χ2n) is 6.10. The Morgan fingerprint density at radius 1 is 1.18 bits per heavy atom. The summed E-state index contributed by atoms with van der Waals surface area (Å²) < 4.78 is 5.54. The van der Waals surface area contributed by atoms with Crippen LogP contribution < -0.4 is 10.1 Å². The van der Waals surface area contributed by atoms with Gasteiger partial charge in [0.15, 0.2) is 0 Å². The van der Waals surface area contributed by atoms with Gasteiger partial charge in [-0.05, 0) is 37.0 Å². The average Bonchev–Trinajstić information content (AvgIpc) is 3.08. The van der Waals surface area contributed by atoms with Crippen molar-refractivity contribution in [1.82, 2.24) is 10.2 Å². The van der Waals surface area contributed by atoms with E-state index in [-0.39, 0.29) is 11.9 Å². The summed E-state index contributed by atoms with van der Waals surface area (Å²) in [5.41, 5.74) is 0.309. The maximum atomic E-state index is 12.6. The first-order valence-corrected chi connectivity index (χ1v) is 8.00. The van der Waals surface area contributed by atoms with E-state index in [0.29, 0.717) is 13.2 Å². The molecule has 0 radical (unpaired) electrons. The standard InChI is InChI=1S/C17H22N2O3/c1-2-11-22-14-7-5-13(6-8-14)12-19-15(20)17(18-16(19)21)9-3-4-10-17/h5-8H,2-4,9-12H2,1H3,(H,18,21). The predicted molar refractivity (Wildman–Crippen MR) is 82.5 cm³/mol. The number of amides is 3. The third-order valence-corrected chi connectivity index (χ3v) is 4.44. The van der Waals surface area contributed by atoms with Crippen molar-refractivity contribution < 1.29 is 14.3 Å². The molecule has 1 saturated heterocycles. The van der Waals surface area contributed by atoms with Crippen molar-refractivity contribution in [1.29, 1.82) is 0 Å². The quantitative estimate of drug-likeness (QED) is 0.851. The van der Waals surface area contributed by atoms with E-state index in [0.717, 1.165) is 43.4 Å². The number of hydrogen-bond donors (Lipinski definition) is 1. The molecular weight excluding hydrogens is 280 g/mol. The zero-order valence-electron chi connectivity index (χ0n) is 12.9. The molecule has 1 aromatic carbocycles. The van der Waals surface area contributed by atoms with Gasteiger partial charge in [0.25, 0.3) is 5.91 Å². The van der Waals surface area contributed by atoms with Gasteiger partial charge in [0.2, 0.25) is 0 Å². The number of imide groups is 1. The Bertz CT molecular complexity index is 562. The molecular formula is C17H22N2O3. The largest absolute Gasteiger partial charge is 0.494 e. The molecule has 0 atom stereocenters. The number of nitrogens with zero attached hydrogens (tertiary/aromatic N) is 1. The normalized spacial score (nSPS) is 19.8. The summed E-state index contributed by atoms with van der Waals surface area (Å²) in [5.74, 6) is 0.747. The molecule has 3 amide bonds. The van der Waals surface area contributed by atoms with Gasteiger partial charge in [-0.15, -0.1) is 0 Å². The monoisotopic (exact) mass is 302 g/mol. The van der Waals surface area contributed by atoms with Crippen molar-refractivity contribution in [3.8, 4) is 5.75 Å². The SMILES string of the molecule is CCCOc1ccc(CN2C(=O)NC3(CCCC3)C2=O)cc1. The average molecular weight is 302 g/mol. The van der Waals surface area contributed by atoms with Gasteiger partial charge in [-0.1, -0.05) is 31.9 Å². The molecule has 5 heteroatoms. The van der Waals surface area contributed by atoms with Crippen LogP contribution in [0.3, 0.4) is 0 Å². The van der Waals surface area contributed by atoms with Crippen molar-refractivity contribution >= 4 is 11.9 Å². The highest BCUT2D eigenvalue weighted by molar-refractivity contribution is 6.07. The van der Waals surface area contributed by atoms with Gasteiger partial charge in [-0.25, -0.2) is 4.79 Å². The second-order valence-corrected chi connectivity index (χ2v) is 6.10. The lowest BCUT2D eigenvalue weighted by atomic mass is 9.98. The van der Waals surface area contributed by atoms with Gasteiger partial charge in [0, 0.05) is 0 Å². The third-order valence-electron chi connectivity index (χ3n) is 4.44. The zero-order chi connectivity index (χ0) is 15.6. The lowest BCUT2D eigenvalue weighted by molar-refractivity contribution is -0.131. The highest BCUT2D eigenvalue weighted by Gasteiger charge is 2.52. The van der Waals surface area contributed by atoms with Gasteiger partial charge in [-0.2, -0.15) is 0 Å². The summed E-state index contributed by atoms with van der Waals surface area (Å²) in [6.07, 6.45) is 4.49. The fourth-order valence-corrected chi connectivity index (χ4v) is 3.23. The molecule has 1 aromatic rings. The lowest BCUT2D eigenvalue weighted by Gasteiger charge is -2.20. The third kappa shape index (κ3) is 2.67. The summed E-state index contributed by atoms with van der Waals surface area (Å²) in [6, 6.07) is 7.32. The van der Waals surface area contributed by atoms with E-state index in [1.807, 2.05) is 24.3 Å². The molecule has 0 bridgehead atoms. The molecule has 3 rings (SSSR count). The van der Waals surface area contributed by atoms with Gasteiger partial charge in [0.1, 0.15) is 11.3 Å². The van der Waals surface area contributed by atoms with Crippen LogP contribution in [-0.4, -0.2) is 29.0 Å². The second kappa shape index (κ2) is 5.99. The number of ether oxygens (including phenoxy) is 1. The first kappa shape index (κ1) is 14.9. The number of hydrogen-bond acceptors (Lipinski definition) is 3. The van der Waals surface area contributed by atoms with E-state index in [9.17, 15) is 9.59 Å². The molecule has 1 aliphatic heterocycles. The summed E-state index contributed by atoms with van der Waals surface area (Å²) in [6.45, 7) is 3.07. The molecule has 2 fully saturated rings. The van der Waals surface area contributed by atoms with Crippen molar-refractivity contribution in [3.63, 3.8) is 0 Å². The van der Waals surface area contributed by atoms with Crippen LogP contribution in [0.1, 0.15) is 44.6 Å². The van der Waals surface area contributed by atoms with E-state index in [1.54, 1.807) is 0 Å². The highest BCUT2D eigenvalue weighted by Crippen LogP contribution is 2.35. The van der Waals surface area contributed by atoms with Crippen molar-refractivity contribution in [3.05, 3.63) is 29.8 Å². The van der Waals surface area contributed by atoms with Crippen molar-refractivity contribution in [2.75, 3.05) is 6.61 Å². The molecule has 0 unspecified atom stereocenters. The van der Waals surface area contributed by atoms with E-state index >= 15 is 0 Å². The number of carbonyl (C=O) groups is 2. The number of carbonyl (C=O) groups excluding carboxylic acids is 2. The van der Waals surface area contributed by atoms with Crippen LogP contribution in [-0.2, 0) is 11.3 Å². The first-order valence-electron chi connectivity index (χ1n) is 8.00. The molecule has 1 saturated carbocycles. The summed E-state index contributed by atoms with van der Waals surface area (Å²) in [7, 11) is 0. The van der Waals surface area contributed by atoms with Crippen LogP contribution in [0.2, 0.25) is 0 Å². The van der Waals surface area contributed by atoms with Gasteiger partial charge >= 0.3 is 6.03 Å². The van der Waals surface area contributed by atoms with Crippen LogP contribution in [0.15, 0.2) is 24.3 Å². The topological polar surface area (TPSA) is 58.6 Å². The Labute approximate surface area is 130 Å². The Hall–Kier alpha value is -2.04. The first-order chi connectivity index (χ1) is 10.6. The highest BCUT2D eigenvalue weighted by atomic mass is 16.5. The van der Waals surface area contributed by atoms with Gasteiger partial charge in [-0.3, -0.25) is 9.69 Å². The Kier molecular flexibility index (Phi) is 4.05. The van der Waals surface area contributed by atoms with Crippen LogP contribution in [0.5, 0.6) is 5.75 Å². The van der Waals surface area contributed by atoms with E-state index in [1.165, 1.54) is 4.90 Å². The molecule has 2 aliphatic rings. The molecule has 0 aromatic heterocycles.